The van der Waals surface area contributed by atoms with Gasteiger partial charge in [-0.15, -0.1) is 0 Å². The summed E-state index contributed by atoms with van der Waals surface area (Å²) in [6.45, 7) is 0. The van der Waals surface area contributed by atoms with Crippen LogP contribution in [0.25, 0.3) is 0 Å². The second kappa shape index (κ2) is 5.98. The number of hydrogen-bond acceptors (Lipinski definition) is 1. The number of carbonyl (C=O) groups excluding carboxylic acids is 1. The average Bonchev–Trinajstić information content (AvgIpc) is 2.50. The summed E-state index contributed by atoms with van der Waals surface area (Å²) in [5, 5.41) is 0.333. The molecule has 0 bridgehead atoms. The maximum absolute atomic E-state index is 13.8. The molecule has 0 radical (unpaired) electrons. The van der Waals surface area contributed by atoms with Crippen molar-refractivity contribution in [3.8, 4) is 0 Å². The minimum Gasteiger partial charge on any atom is -0.299 e. The van der Waals surface area contributed by atoms with E-state index in [9.17, 15) is 9.18 Å². The van der Waals surface area contributed by atoms with Crippen LogP contribution in [0.5, 0.6) is 0 Å². The second-order valence-electron chi connectivity index (χ2n) is 5.55. The summed E-state index contributed by atoms with van der Waals surface area (Å²) in [5.74, 6) is -0.348. The SMILES string of the molecule is O=C(Cc1c(F)cccc1Cl)C1CCc2ccccc2C1. The number of Topliss-reactive ketones (excluding diaryl/α,β-unsaturated/α-hetero) is 1. The molecule has 1 nitrogen and oxygen atoms in total. The molecule has 2 aromatic carbocycles. The van der Waals surface area contributed by atoms with Crippen molar-refractivity contribution in [2.45, 2.75) is 25.7 Å². The highest BCUT2D eigenvalue weighted by molar-refractivity contribution is 6.31. The van der Waals surface area contributed by atoms with Crippen molar-refractivity contribution in [1.29, 1.82) is 0 Å². The molecule has 1 atom stereocenters. The van der Waals surface area contributed by atoms with Gasteiger partial charge in [-0.25, -0.2) is 4.39 Å². The largest absolute Gasteiger partial charge is 0.299 e. The van der Waals surface area contributed by atoms with E-state index in [4.69, 9.17) is 11.6 Å². The third-order valence-electron chi connectivity index (χ3n) is 4.21. The third kappa shape index (κ3) is 3.01. The Morgan fingerprint density at radius 1 is 1.14 bits per heavy atom. The van der Waals surface area contributed by atoms with Gasteiger partial charge in [0.05, 0.1) is 0 Å². The fourth-order valence-electron chi connectivity index (χ4n) is 2.99. The summed E-state index contributed by atoms with van der Waals surface area (Å²) in [5.41, 5.74) is 2.88. The van der Waals surface area contributed by atoms with Crippen LogP contribution in [-0.2, 0) is 24.1 Å². The van der Waals surface area contributed by atoms with Gasteiger partial charge >= 0.3 is 0 Å². The van der Waals surface area contributed by atoms with Crippen LogP contribution in [0, 0.1) is 11.7 Å². The van der Waals surface area contributed by atoms with E-state index in [0.717, 1.165) is 19.3 Å². The lowest BCUT2D eigenvalue weighted by Gasteiger charge is -2.23. The molecule has 1 aliphatic rings. The highest BCUT2D eigenvalue weighted by atomic mass is 35.5. The highest BCUT2D eigenvalue weighted by Gasteiger charge is 2.25. The Kier molecular flexibility index (Phi) is 4.07. The van der Waals surface area contributed by atoms with Gasteiger partial charge in [-0.1, -0.05) is 41.9 Å². The Morgan fingerprint density at radius 2 is 1.90 bits per heavy atom. The maximum Gasteiger partial charge on any atom is 0.140 e. The van der Waals surface area contributed by atoms with E-state index in [-0.39, 0.29) is 18.1 Å². The highest BCUT2D eigenvalue weighted by Crippen LogP contribution is 2.28. The topological polar surface area (TPSA) is 17.1 Å². The van der Waals surface area contributed by atoms with Crippen molar-refractivity contribution >= 4 is 17.4 Å². The van der Waals surface area contributed by atoms with Crippen molar-refractivity contribution in [2.75, 3.05) is 0 Å². The first kappa shape index (κ1) is 14.3. The maximum atomic E-state index is 13.8. The average molecular weight is 303 g/mol. The van der Waals surface area contributed by atoms with Crippen molar-refractivity contribution in [2.24, 2.45) is 5.92 Å². The van der Waals surface area contributed by atoms with Crippen LogP contribution in [0.2, 0.25) is 5.02 Å². The van der Waals surface area contributed by atoms with Gasteiger partial charge in [0.15, 0.2) is 0 Å². The first-order valence-electron chi connectivity index (χ1n) is 7.17. The molecule has 0 aromatic heterocycles. The van der Waals surface area contributed by atoms with Crippen molar-refractivity contribution < 1.29 is 9.18 Å². The summed E-state index contributed by atoms with van der Waals surface area (Å²) in [6.07, 6.45) is 2.58. The fraction of sp³-hybridized carbons (Fsp3) is 0.278. The van der Waals surface area contributed by atoms with Gasteiger partial charge in [-0.2, -0.15) is 0 Å². The normalized spacial score (nSPS) is 17.3. The lowest BCUT2D eigenvalue weighted by atomic mass is 9.80. The zero-order valence-electron chi connectivity index (χ0n) is 11.6. The Labute approximate surface area is 128 Å². The fourth-order valence-corrected chi connectivity index (χ4v) is 3.22. The Bertz CT molecular complexity index is 660. The lowest BCUT2D eigenvalue weighted by molar-refractivity contribution is -0.122. The smallest absolute Gasteiger partial charge is 0.140 e. The van der Waals surface area contributed by atoms with Crippen LogP contribution in [0.1, 0.15) is 23.1 Å². The molecule has 3 heteroatoms. The summed E-state index contributed by atoms with van der Waals surface area (Å²) >= 11 is 6.00. The standard InChI is InChI=1S/C18H16ClFO/c19-16-6-3-7-17(20)15(16)11-18(21)14-9-8-12-4-1-2-5-13(12)10-14/h1-7,14H,8-11H2. The third-order valence-corrected chi connectivity index (χ3v) is 4.57. The molecule has 3 rings (SSSR count). The molecule has 2 aromatic rings. The molecule has 0 amide bonds. The number of ketones is 1. The Morgan fingerprint density at radius 3 is 2.67 bits per heavy atom. The minimum absolute atomic E-state index is 0.0319. The second-order valence-corrected chi connectivity index (χ2v) is 5.96. The molecule has 0 saturated heterocycles. The zero-order valence-corrected chi connectivity index (χ0v) is 12.4. The van der Waals surface area contributed by atoms with Crippen molar-refractivity contribution in [3.05, 3.63) is 70.0 Å². The summed E-state index contributed by atoms with van der Waals surface area (Å²) in [7, 11) is 0. The van der Waals surface area contributed by atoms with Crippen LogP contribution in [-0.4, -0.2) is 5.78 Å². The molecule has 0 aliphatic heterocycles. The first-order chi connectivity index (χ1) is 10.1. The van der Waals surface area contributed by atoms with Crippen LogP contribution < -0.4 is 0 Å². The van der Waals surface area contributed by atoms with Gasteiger partial charge in [-0.05, 0) is 42.5 Å². The quantitative estimate of drug-likeness (QED) is 0.821. The number of hydrogen-bond donors (Lipinski definition) is 0. The van der Waals surface area contributed by atoms with E-state index in [1.807, 2.05) is 12.1 Å². The number of fused-ring (bicyclic) bond motifs is 1. The predicted molar refractivity (Wildman–Crippen MR) is 82.1 cm³/mol. The van der Waals surface area contributed by atoms with Gasteiger partial charge < -0.3 is 0 Å². The molecule has 0 heterocycles. The molecule has 1 unspecified atom stereocenters. The molecule has 0 N–H and O–H groups in total. The molecule has 1 aliphatic carbocycles. The molecule has 108 valence electrons. The van der Waals surface area contributed by atoms with Crippen LogP contribution in [0.3, 0.4) is 0 Å². The number of benzene rings is 2. The van der Waals surface area contributed by atoms with Gasteiger partial charge in [0, 0.05) is 22.9 Å². The van der Waals surface area contributed by atoms with Gasteiger partial charge in [-0.3, -0.25) is 4.79 Å². The molecular weight excluding hydrogens is 287 g/mol. The van der Waals surface area contributed by atoms with E-state index in [1.165, 1.54) is 17.2 Å². The van der Waals surface area contributed by atoms with E-state index in [1.54, 1.807) is 12.1 Å². The Hall–Kier alpha value is -1.67. The molecule has 0 spiro atoms. The van der Waals surface area contributed by atoms with Crippen molar-refractivity contribution in [1.82, 2.24) is 0 Å². The summed E-state index contributed by atoms with van der Waals surface area (Å²) in [4.78, 5) is 12.5. The van der Waals surface area contributed by atoms with Gasteiger partial charge in [0.25, 0.3) is 0 Å². The predicted octanol–water partition coefficient (Wildman–Crippen LogP) is 4.40. The number of halogens is 2. The van der Waals surface area contributed by atoms with E-state index < -0.39 is 5.82 Å². The number of rotatable bonds is 3. The molecule has 21 heavy (non-hydrogen) atoms. The lowest BCUT2D eigenvalue weighted by Crippen LogP contribution is -2.24. The van der Waals surface area contributed by atoms with Gasteiger partial charge in [0.1, 0.15) is 11.6 Å². The molecule has 0 fully saturated rings. The monoisotopic (exact) mass is 302 g/mol. The first-order valence-corrected chi connectivity index (χ1v) is 7.55. The summed E-state index contributed by atoms with van der Waals surface area (Å²) in [6, 6.07) is 12.8. The van der Waals surface area contributed by atoms with E-state index >= 15 is 0 Å². The van der Waals surface area contributed by atoms with E-state index in [2.05, 4.69) is 12.1 Å². The Balaban J connectivity index is 1.76. The molecular formula is C18H16ClFO. The van der Waals surface area contributed by atoms with Gasteiger partial charge in [0.2, 0.25) is 0 Å². The van der Waals surface area contributed by atoms with Crippen molar-refractivity contribution in [3.63, 3.8) is 0 Å². The summed E-state index contributed by atoms with van der Waals surface area (Å²) < 4.78 is 13.8. The van der Waals surface area contributed by atoms with Crippen LogP contribution in [0.4, 0.5) is 4.39 Å². The van der Waals surface area contributed by atoms with E-state index in [0.29, 0.717) is 10.6 Å². The number of aryl methyl sites for hydroxylation is 1. The van der Waals surface area contributed by atoms with Crippen LogP contribution >= 0.6 is 11.6 Å². The zero-order chi connectivity index (χ0) is 14.8. The number of carbonyl (C=O) groups is 1. The minimum atomic E-state index is -0.396. The van der Waals surface area contributed by atoms with Crippen LogP contribution in [0.15, 0.2) is 42.5 Å². The molecule has 0 saturated carbocycles.